The molecule has 1 saturated carbocycles. The number of rotatable bonds is 4. The molecule has 0 spiro atoms. The number of carbonyl (C=O) groups is 1. The summed E-state index contributed by atoms with van der Waals surface area (Å²) in [6.07, 6.45) is 10.1. The highest BCUT2D eigenvalue weighted by Crippen LogP contribution is 2.31. The standard InChI is InChI=1S/C17H22O2/c1-19-17(18)16(15-10-6-3-7-11-15)13-12-14-8-4-2-5-9-14/h2,4-5,8-9,12-13,15-16H,3,6-7,10-11H2,1H3/b13-12+/t16-/m0/s1. The van der Waals surface area contributed by atoms with Crippen LogP contribution < -0.4 is 0 Å². The summed E-state index contributed by atoms with van der Waals surface area (Å²) in [7, 11) is 1.48. The van der Waals surface area contributed by atoms with Crippen LogP contribution in [0.25, 0.3) is 6.08 Å². The van der Waals surface area contributed by atoms with Crippen molar-refractivity contribution in [2.45, 2.75) is 32.1 Å². The van der Waals surface area contributed by atoms with E-state index < -0.39 is 0 Å². The Kier molecular flexibility index (Phi) is 5.20. The maximum absolute atomic E-state index is 12.0. The van der Waals surface area contributed by atoms with Gasteiger partial charge in [-0.25, -0.2) is 0 Å². The predicted octanol–water partition coefficient (Wildman–Crippen LogP) is 4.07. The fourth-order valence-corrected chi connectivity index (χ4v) is 2.84. The second-order valence-corrected chi connectivity index (χ2v) is 5.22. The van der Waals surface area contributed by atoms with Crippen molar-refractivity contribution in [1.82, 2.24) is 0 Å². The Labute approximate surface area is 115 Å². The number of hydrogen-bond acceptors (Lipinski definition) is 2. The normalized spacial score (nSPS) is 18.4. The van der Waals surface area contributed by atoms with Gasteiger partial charge in [0.15, 0.2) is 0 Å². The molecule has 0 bridgehead atoms. The summed E-state index contributed by atoms with van der Waals surface area (Å²) >= 11 is 0. The quantitative estimate of drug-likeness (QED) is 0.761. The van der Waals surface area contributed by atoms with Crippen molar-refractivity contribution in [3.8, 4) is 0 Å². The van der Waals surface area contributed by atoms with E-state index in [1.807, 2.05) is 42.5 Å². The molecule has 0 N–H and O–H groups in total. The third kappa shape index (κ3) is 3.95. The number of hydrogen-bond donors (Lipinski definition) is 0. The average Bonchev–Trinajstić information content (AvgIpc) is 2.49. The molecule has 1 aromatic rings. The largest absolute Gasteiger partial charge is 0.469 e. The van der Waals surface area contributed by atoms with E-state index in [1.165, 1.54) is 26.4 Å². The first kappa shape index (κ1) is 13.9. The van der Waals surface area contributed by atoms with Crippen molar-refractivity contribution in [2.24, 2.45) is 11.8 Å². The lowest BCUT2D eigenvalue weighted by atomic mass is 9.79. The fraction of sp³-hybridized carbons (Fsp3) is 0.471. The highest BCUT2D eigenvalue weighted by atomic mass is 16.5. The molecule has 2 rings (SSSR count). The average molecular weight is 258 g/mol. The van der Waals surface area contributed by atoms with Gasteiger partial charge in [0.1, 0.15) is 0 Å². The zero-order valence-corrected chi connectivity index (χ0v) is 11.5. The van der Waals surface area contributed by atoms with Crippen LogP contribution in [0, 0.1) is 11.8 Å². The molecule has 19 heavy (non-hydrogen) atoms. The Hall–Kier alpha value is -1.57. The van der Waals surface area contributed by atoms with Gasteiger partial charge in [0.05, 0.1) is 13.0 Å². The molecule has 1 aliphatic rings. The minimum atomic E-state index is -0.0981. The van der Waals surface area contributed by atoms with Gasteiger partial charge in [0, 0.05) is 0 Å². The smallest absolute Gasteiger partial charge is 0.312 e. The molecule has 1 aliphatic carbocycles. The van der Waals surface area contributed by atoms with E-state index in [2.05, 4.69) is 0 Å². The number of esters is 1. The van der Waals surface area contributed by atoms with E-state index in [0.717, 1.165) is 18.4 Å². The van der Waals surface area contributed by atoms with Crippen LogP contribution in [-0.4, -0.2) is 13.1 Å². The number of benzene rings is 1. The van der Waals surface area contributed by atoms with Gasteiger partial charge < -0.3 is 4.74 Å². The van der Waals surface area contributed by atoms with E-state index >= 15 is 0 Å². The molecule has 1 atom stereocenters. The first-order valence-corrected chi connectivity index (χ1v) is 7.12. The Morgan fingerprint density at radius 1 is 1.21 bits per heavy atom. The van der Waals surface area contributed by atoms with Crippen molar-refractivity contribution in [3.63, 3.8) is 0 Å². The lowest BCUT2D eigenvalue weighted by Gasteiger charge is -2.26. The first-order valence-electron chi connectivity index (χ1n) is 7.12. The summed E-state index contributed by atoms with van der Waals surface area (Å²) < 4.78 is 4.96. The molecule has 0 unspecified atom stereocenters. The van der Waals surface area contributed by atoms with Crippen LogP contribution in [-0.2, 0) is 9.53 Å². The second-order valence-electron chi connectivity index (χ2n) is 5.22. The lowest BCUT2D eigenvalue weighted by molar-refractivity contribution is -0.145. The second kappa shape index (κ2) is 7.13. The SMILES string of the molecule is COC(=O)[C@@H](/C=C/c1ccccc1)C1CCCCC1. The summed E-state index contributed by atoms with van der Waals surface area (Å²) in [6, 6.07) is 10.1. The molecule has 2 heteroatoms. The minimum absolute atomic E-state index is 0.0921. The van der Waals surface area contributed by atoms with Crippen LogP contribution >= 0.6 is 0 Å². The topological polar surface area (TPSA) is 26.3 Å². The number of ether oxygens (including phenoxy) is 1. The molecular weight excluding hydrogens is 236 g/mol. The van der Waals surface area contributed by atoms with E-state index in [0.29, 0.717) is 5.92 Å². The Morgan fingerprint density at radius 2 is 1.89 bits per heavy atom. The Morgan fingerprint density at radius 3 is 2.53 bits per heavy atom. The van der Waals surface area contributed by atoms with Gasteiger partial charge in [-0.15, -0.1) is 0 Å². The molecule has 0 aromatic heterocycles. The van der Waals surface area contributed by atoms with Crippen molar-refractivity contribution in [2.75, 3.05) is 7.11 Å². The minimum Gasteiger partial charge on any atom is -0.469 e. The monoisotopic (exact) mass is 258 g/mol. The summed E-state index contributed by atoms with van der Waals surface area (Å²) in [6.45, 7) is 0. The van der Waals surface area contributed by atoms with Gasteiger partial charge in [-0.2, -0.15) is 0 Å². The molecule has 1 fully saturated rings. The summed E-state index contributed by atoms with van der Waals surface area (Å²) in [5, 5.41) is 0. The maximum atomic E-state index is 12.0. The molecule has 0 radical (unpaired) electrons. The molecule has 1 aromatic carbocycles. The third-order valence-corrected chi connectivity index (χ3v) is 3.93. The first-order chi connectivity index (χ1) is 9.31. The third-order valence-electron chi connectivity index (χ3n) is 3.93. The van der Waals surface area contributed by atoms with Crippen molar-refractivity contribution < 1.29 is 9.53 Å². The summed E-state index contributed by atoms with van der Waals surface area (Å²) in [4.78, 5) is 12.0. The van der Waals surface area contributed by atoms with Crippen molar-refractivity contribution >= 4 is 12.0 Å². The van der Waals surface area contributed by atoms with E-state index in [1.54, 1.807) is 0 Å². The van der Waals surface area contributed by atoms with Gasteiger partial charge in [0.2, 0.25) is 0 Å². The predicted molar refractivity (Wildman–Crippen MR) is 77.6 cm³/mol. The van der Waals surface area contributed by atoms with E-state index in [-0.39, 0.29) is 11.9 Å². The molecular formula is C17H22O2. The van der Waals surface area contributed by atoms with Gasteiger partial charge in [-0.05, 0) is 24.3 Å². The molecule has 0 heterocycles. The highest BCUT2D eigenvalue weighted by Gasteiger charge is 2.27. The van der Waals surface area contributed by atoms with Crippen LogP contribution in [0.15, 0.2) is 36.4 Å². The fourth-order valence-electron chi connectivity index (χ4n) is 2.84. The zero-order valence-electron chi connectivity index (χ0n) is 11.5. The van der Waals surface area contributed by atoms with Gasteiger partial charge in [-0.3, -0.25) is 4.79 Å². The maximum Gasteiger partial charge on any atom is 0.312 e. The zero-order chi connectivity index (χ0) is 13.5. The van der Waals surface area contributed by atoms with Crippen molar-refractivity contribution in [3.05, 3.63) is 42.0 Å². The summed E-state index contributed by atoms with van der Waals surface area (Å²) in [5.41, 5.74) is 1.13. The molecule has 0 aliphatic heterocycles. The van der Waals surface area contributed by atoms with E-state index in [9.17, 15) is 4.79 Å². The van der Waals surface area contributed by atoms with E-state index in [4.69, 9.17) is 4.74 Å². The molecule has 0 amide bonds. The van der Waals surface area contributed by atoms with Crippen LogP contribution in [0.4, 0.5) is 0 Å². The van der Waals surface area contributed by atoms with Crippen LogP contribution in [0.2, 0.25) is 0 Å². The van der Waals surface area contributed by atoms with Crippen LogP contribution in [0.5, 0.6) is 0 Å². The number of carbonyl (C=O) groups excluding carboxylic acids is 1. The van der Waals surface area contributed by atoms with Crippen LogP contribution in [0.1, 0.15) is 37.7 Å². The molecule has 2 nitrogen and oxygen atoms in total. The Balaban J connectivity index is 2.09. The van der Waals surface area contributed by atoms with Gasteiger partial charge in [0.25, 0.3) is 0 Å². The highest BCUT2D eigenvalue weighted by molar-refractivity contribution is 5.76. The molecule has 0 saturated heterocycles. The lowest BCUT2D eigenvalue weighted by Crippen LogP contribution is -2.25. The van der Waals surface area contributed by atoms with Gasteiger partial charge >= 0.3 is 5.97 Å². The van der Waals surface area contributed by atoms with Crippen molar-refractivity contribution in [1.29, 1.82) is 0 Å². The van der Waals surface area contributed by atoms with Crippen LogP contribution in [0.3, 0.4) is 0 Å². The van der Waals surface area contributed by atoms with Gasteiger partial charge in [-0.1, -0.05) is 61.7 Å². The Bertz CT molecular complexity index is 416. The number of methoxy groups -OCH3 is 1. The molecule has 102 valence electrons. The summed E-state index contributed by atoms with van der Waals surface area (Å²) in [5.74, 6) is 0.255.